The number of hydrogen-bond donors (Lipinski definition) is 0. The van der Waals surface area contributed by atoms with Crippen LogP contribution in [0.1, 0.15) is 75.7 Å². The molecule has 7 nitrogen and oxygen atoms in total. The molecule has 0 fully saturated rings. The van der Waals surface area contributed by atoms with E-state index < -0.39 is 39.6 Å². The molecule has 0 aliphatic carbocycles. The molecule has 0 saturated carbocycles. The van der Waals surface area contributed by atoms with E-state index in [1.54, 1.807) is 62.4 Å². The van der Waals surface area contributed by atoms with Crippen molar-refractivity contribution in [3.8, 4) is 0 Å². The van der Waals surface area contributed by atoms with Gasteiger partial charge in [0.1, 0.15) is 11.0 Å². The van der Waals surface area contributed by atoms with Crippen LogP contribution in [-0.2, 0) is 28.7 Å². The van der Waals surface area contributed by atoms with Crippen molar-refractivity contribution in [2.24, 2.45) is 16.2 Å². The topological polar surface area (TPSA) is 90.0 Å². The van der Waals surface area contributed by atoms with Crippen LogP contribution in [0.15, 0.2) is 11.1 Å². The van der Waals surface area contributed by atoms with Crippen LogP contribution in [0.25, 0.3) is 0 Å². The average Bonchev–Trinajstić information content (AvgIpc) is 2.69. The van der Waals surface area contributed by atoms with Crippen molar-refractivity contribution in [2.45, 2.75) is 81.3 Å². The fourth-order valence-corrected chi connectivity index (χ4v) is 3.18. The number of hydrogen-bond acceptors (Lipinski definition) is 6. The van der Waals surface area contributed by atoms with Gasteiger partial charge in [-0.25, -0.2) is 0 Å². The Morgan fingerprint density at radius 2 is 1.28 bits per heavy atom. The second-order valence-corrected chi connectivity index (χ2v) is 10.6. The fraction of sp³-hybridized carbons (Fsp3) is 0.750. The van der Waals surface area contributed by atoms with Crippen molar-refractivity contribution in [1.82, 2.24) is 4.90 Å². The first-order chi connectivity index (χ1) is 14.2. The van der Waals surface area contributed by atoms with E-state index >= 15 is 0 Å². The molecule has 0 rings (SSSR count). The van der Waals surface area contributed by atoms with Crippen molar-refractivity contribution in [2.75, 3.05) is 20.6 Å². The lowest BCUT2D eigenvalue weighted by atomic mass is 9.76. The monoisotopic (exact) mass is 449 g/mol. The number of ketones is 1. The molecule has 1 amide bonds. The summed E-state index contributed by atoms with van der Waals surface area (Å²) in [5.74, 6) is -1.79. The van der Waals surface area contributed by atoms with E-state index in [2.05, 4.69) is 0 Å². The highest BCUT2D eigenvalue weighted by atomic mass is 16.6. The van der Waals surface area contributed by atoms with Gasteiger partial charge in [-0.2, -0.15) is 0 Å². The van der Waals surface area contributed by atoms with Crippen molar-refractivity contribution in [3.05, 3.63) is 11.1 Å². The van der Waals surface area contributed by atoms with Crippen LogP contribution in [-0.4, -0.2) is 62.6 Å². The first-order valence-electron chi connectivity index (χ1n) is 10.7. The molecule has 0 aromatic rings. The minimum absolute atomic E-state index is 0.0307. The highest BCUT2D eigenvalue weighted by Crippen LogP contribution is 2.37. The highest BCUT2D eigenvalue weighted by Gasteiger charge is 2.45. The van der Waals surface area contributed by atoms with E-state index in [1.807, 2.05) is 0 Å². The van der Waals surface area contributed by atoms with Crippen molar-refractivity contribution in [3.63, 3.8) is 0 Å². The molecule has 2 radical (unpaired) electrons. The van der Waals surface area contributed by atoms with E-state index in [0.717, 1.165) is 0 Å². The molecule has 0 unspecified atom stereocenters. The molecule has 8 heteroatoms. The molecule has 0 bridgehead atoms. The van der Waals surface area contributed by atoms with Gasteiger partial charge in [0.05, 0.1) is 25.8 Å². The summed E-state index contributed by atoms with van der Waals surface area (Å²) in [7, 11) is 8.41. The molecular weight excluding hydrogens is 409 g/mol. The van der Waals surface area contributed by atoms with E-state index in [0.29, 0.717) is 11.1 Å². The van der Waals surface area contributed by atoms with Gasteiger partial charge in [-0.15, -0.1) is 0 Å². The Morgan fingerprint density at radius 1 is 0.812 bits per heavy atom. The molecule has 0 N–H and O–H groups in total. The summed E-state index contributed by atoms with van der Waals surface area (Å²) < 4.78 is 10.7. The Balaban J connectivity index is 5.77. The lowest BCUT2D eigenvalue weighted by Gasteiger charge is -2.35. The zero-order chi connectivity index (χ0) is 25.9. The van der Waals surface area contributed by atoms with Crippen molar-refractivity contribution in [1.29, 1.82) is 0 Å². The third-order valence-electron chi connectivity index (χ3n) is 6.46. The predicted octanol–water partition coefficient (Wildman–Crippen LogP) is 3.44. The Kier molecular flexibility index (Phi) is 9.54. The van der Waals surface area contributed by atoms with Gasteiger partial charge in [-0.3, -0.25) is 19.2 Å². The lowest BCUT2D eigenvalue weighted by Crippen LogP contribution is -2.45. The quantitative estimate of drug-likeness (QED) is 0.220. The van der Waals surface area contributed by atoms with Gasteiger partial charge in [0.15, 0.2) is 5.78 Å². The smallest absolute Gasteiger partial charge is 0.319 e. The maximum Gasteiger partial charge on any atom is 0.319 e. The van der Waals surface area contributed by atoms with E-state index in [1.165, 1.54) is 25.9 Å². The number of Topliss-reactive ketones (excluding diaryl/α,β-unsaturated/α-hetero) is 1. The number of rotatable bonds is 10. The third-order valence-corrected chi connectivity index (χ3v) is 6.46. The Labute approximate surface area is 194 Å². The number of amides is 1. The maximum absolute atomic E-state index is 13.1. The van der Waals surface area contributed by atoms with Crippen LogP contribution < -0.4 is 0 Å². The fourth-order valence-electron chi connectivity index (χ4n) is 3.18. The molecule has 0 aromatic carbocycles. The van der Waals surface area contributed by atoms with Gasteiger partial charge in [-0.1, -0.05) is 19.4 Å². The highest BCUT2D eigenvalue weighted by molar-refractivity contribution is 6.10. The minimum atomic E-state index is -1.47. The van der Waals surface area contributed by atoms with Crippen LogP contribution in [0.3, 0.4) is 0 Å². The molecule has 0 saturated heterocycles. The lowest BCUT2D eigenvalue weighted by molar-refractivity contribution is -0.168. The van der Waals surface area contributed by atoms with Crippen LogP contribution in [0.4, 0.5) is 0 Å². The molecule has 32 heavy (non-hydrogen) atoms. The second kappa shape index (κ2) is 10.2. The van der Waals surface area contributed by atoms with Crippen molar-refractivity contribution >= 4 is 31.5 Å². The van der Waals surface area contributed by atoms with Crippen LogP contribution in [0.5, 0.6) is 0 Å². The number of nitrogens with zero attached hydrogens (tertiary/aromatic N) is 1. The van der Waals surface area contributed by atoms with Crippen molar-refractivity contribution < 1.29 is 28.7 Å². The number of carbonyl (C=O) groups excluding carboxylic acids is 4. The zero-order valence-corrected chi connectivity index (χ0v) is 21.9. The molecule has 0 aromatic heterocycles. The second-order valence-electron chi connectivity index (χ2n) is 10.6. The number of methoxy groups -OCH3 is 1. The van der Waals surface area contributed by atoms with Gasteiger partial charge in [0.2, 0.25) is 5.91 Å². The SMILES string of the molecule is [B]CN(C)C(=O)C(C)(C)CC(=O)C(C)(C)C(=O)OC(C)(C)C(C)=C(C)C(C)(C)C(=O)OC. The van der Waals surface area contributed by atoms with E-state index in [-0.39, 0.29) is 18.8 Å². The zero-order valence-electron chi connectivity index (χ0n) is 21.9. The molecule has 0 aliphatic rings. The number of esters is 2. The van der Waals surface area contributed by atoms with Gasteiger partial charge in [0, 0.05) is 13.5 Å². The molecular formula is C24H40BNO6. The Hall–Kier alpha value is -2.12. The van der Waals surface area contributed by atoms with Gasteiger partial charge < -0.3 is 14.4 Å². The van der Waals surface area contributed by atoms with Gasteiger partial charge in [0.25, 0.3) is 0 Å². The largest absolute Gasteiger partial charge is 0.468 e. The molecule has 180 valence electrons. The number of ether oxygens (including phenoxy) is 2. The Bertz CT molecular complexity index is 792. The summed E-state index contributed by atoms with van der Waals surface area (Å²) in [6.45, 7) is 16.7. The summed E-state index contributed by atoms with van der Waals surface area (Å²) in [5.41, 5.74) is -3.08. The molecule has 0 heterocycles. The molecule has 0 atom stereocenters. The summed E-state index contributed by atoms with van der Waals surface area (Å²) in [6, 6.07) is 0. The number of carbonyl (C=O) groups is 4. The average molecular weight is 449 g/mol. The summed E-state index contributed by atoms with van der Waals surface area (Å²) in [5, 5.41) is 0. The van der Waals surface area contributed by atoms with Crippen LogP contribution in [0.2, 0.25) is 0 Å². The third kappa shape index (κ3) is 6.45. The summed E-state index contributed by atoms with van der Waals surface area (Å²) >= 11 is 0. The predicted molar refractivity (Wildman–Crippen MR) is 125 cm³/mol. The summed E-state index contributed by atoms with van der Waals surface area (Å²) in [6.07, 6.45) is -0.106. The summed E-state index contributed by atoms with van der Waals surface area (Å²) in [4.78, 5) is 52.2. The van der Waals surface area contributed by atoms with Crippen LogP contribution >= 0.6 is 0 Å². The minimum Gasteiger partial charge on any atom is -0.468 e. The first-order valence-corrected chi connectivity index (χ1v) is 10.7. The standard InChI is InChI=1S/C24H40BNO6/c1-15(22(5,6)19(29)31-12)16(2)24(9,10)32-20(30)23(7,8)17(27)13-21(3,4)18(28)26(11)14-25/h13-14H2,1-12H3. The van der Waals surface area contributed by atoms with E-state index in [9.17, 15) is 19.2 Å². The molecule has 0 spiro atoms. The van der Waals surface area contributed by atoms with E-state index in [4.69, 9.17) is 17.3 Å². The maximum atomic E-state index is 13.1. The first kappa shape index (κ1) is 29.9. The molecule has 0 aliphatic heterocycles. The normalized spacial score (nSPS) is 13.8. The van der Waals surface area contributed by atoms with Gasteiger partial charge in [-0.05, 0) is 67.4 Å². The van der Waals surface area contributed by atoms with Gasteiger partial charge >= 0.3 is 11.9 Å². The Morgan fingerprint density at radius 3 is 1.69 bits per heavy atom. The van der Waals surface area contributed by atoms with Crippen LogP contribution in [0, 0.1) is 16.2 Å².